The third kappa shape index (κ3) is 6.68. The van der Waals surface area contributed by atoms with Gasteiger partial charge in [-0.25, -0.2) is 0 Å². The molecule has 0 spiro atoms. The second kappa shape index (κ2) is 10.7. The van der Waals surface area contributed by atoms with Crippen LogP contribution in [0.5, 0.6) is 0 Å². The first-order valence-electron chi connectivity index (χ1n) is 8.89. The smallest absolute Gasteiger partial charge is 0.385 e. The lowest BCUT2D eigenvalue weighted by atomic mass is 10.1. The Bertz CT molecular complexity index is 650. The van der Waals surface area contributed by atoms with Gasteiger partial charge in [0.2, 0.25) is 0 Å². The molecule has 0 aliphatic carbocycles. The second-order valence-electron chi connectivity index (χ2n) is 6.35. The molecule has 0 radical (unpaired) electrons. The summed E-state index contributed by atoms with van der Waals surface area (Å²) < 4.78 is 52.2. The molecule has 0 aromatic heterocycles. The minimum atomic E-state index is -4.81. The Balaban J connectivity index is 3.18. The summed E-state index contributed by atoms with van der Waals surface area (Å²) in [5.41, 5.74) is -2.04. The van der Waals surface area contributed by atoms with E-state index in [2.05, 4.69) is 0 Å². The standard InChI is InChI=1S/C19H29F2O4PS/c1-6-24-26(23,25-7-2)19(20,21)18(22)17(13-8-14(3)4)27-16-11-9-15(5)10-12-16/h8-12,17-18,22H,6-7,13H2,1-5H3/t17?,18-/m0/s1. The molecule has 27 heavy (non-hydrogen) atoms. The lowest BCUT2D eigenvalue weighted by Gasteiger charge is -2.33. The van der Waals surface area contributed by atoms with Crippen molar-refractivity contribution in [2.75, 3.05) is 13.2 Å². The van der Waals surface area contributed by atoms with E-state index in [9.17, 15) is 18.5 Å². The maximum absolute atomic E-state index is 15.0. The molecule has 1 rings (SSSR count). The first-order chi connectivity index (χ1) is 12.6. The van der Waals surface area contributed by atoms with Gasteiger partial charge in [-0.3, -0.25) is 4.57 Å². The number of rotatable bonds is 11. The van der Waals surface area contributed by atoms with Gasteiger partial charge in [-0.15, -0.1) is 11.8 Å². The maximum atomic E-state index is 15.0. The number of hydrogen-bond donors (Lipinski definition) is 1. The molecule has 0 aliphatic rings. The highest BCUT2D eigenvalue weighted by molar-refractivity contribution is 8.00. The van der Waals surface area contributed by atoms with Gasteiger partial charge in [0.15, 0.2) is 0 Å². The number of benzene rings is 1. The number of aliphatic hydroxyl groups excluding tert-OH is 1. The number of halogens is 2. The quantitative estimate of drug-likeness (QED) is 0.268. The van der Waals surface area contributed by atoms with Crippen molar-refractivity contribution in [3.8, 4) is 0 Å². The Kier molecular flexibility index (Phi) is 9.66. The molecule has 0 bridgehead atoms. The van der Waals surface area contributed by atoms with Crippen molar-refractivity contribution in [3.63, 3.8) is 0 Å². The first kappa shape index (κ1) is 24.3. The zero-order chi connectivity index (χ0) is 20.7. The molecule has 0 fully saturated rings. The van der Waals surface area contributed by atoms with Crippen molar-refractivity contribution in [2.24, 2.45) is 0 Å². The summed E-state index contributed by atoms with van der Waals surface area (Å²) in [6, 6.07) is 7.36. The van der Waals surface area contributed by atoms with Crippen LogP contribution in [-0.4, -0.2) is 35.3 Å². The largest absolute Gasteiger partial charge is 0.402 e. The summed E-state index contributed by atoms with van der Waals surface area (Å²) in [7, 11) is -4.81. The first-order valence-corrected chi connectivity index (χ1v) is 11.3. The van der Waals surface area contributed by atoms with E-state index in [0.717, 1.165) is 27.8 Å². The summed E-state index contributed by atoms with van der Waals surface area (Å²) in [5.74, 6) is 0. The van der Waals surface area contributed by atoms with Crippen molar-refractivity contribution < 1.29 is 27.5 Å². The van der Waals surface area contributed by atoms with E-state index in [1.807, 2.05) is 45.0 Å². The van der Waals surface area contributed by atoms with Crippen LogP contribution in [0.15, 0.2) is 40.8 Å². The Morgan fingerprint density at radius 1 is 1.22 bits per heavy atom. The van der Waals surface area contributed by atoms with Crippen LogP contribution in [0.25, 0.3) is 0 Å². The zero-order valence-corrected chi connectivity index (χ0v) is 18.2. The summed E-state index contributed by atoms with van der Waals surface area (Å²) in [6.07, 6.45) is -0.240. The van der Waals surface area contributed by atoms with Gasteiger partial charge in [-0.2, -0.15) is 8.78 Å². The Morgan fingerprint density at radius 3 is 2.19 bits per heavy atom. The highest BCUT2D eigenvalue weighted by atomic mass is 32.2. The third-order valence-electron chi connectivity index (χ3n) is 3.74. The summed E-state index contributed by atoms with van der Waals surface area (Å²) >= 11 is 1.12. The predicted octanol–water partition coefficient (Wildman–Crippen LogP) is 6.03. The molecule has 154 valence electrons. The second-order valence-corrected chi connectivity index (χ2v) is 9.77. The summed E-state index contributed by atoms with van der Waals surface area (Å²) in [6.45, 7) is 8.13. The van der Waals surface area contributed by atoms with Gasteiger partial charge in [0.1, 0.15) is 6.10 Å². The molecular formula is C19H29F2O4PS. The van der Waals surface area contributed by atoms with Gasteiger partial charge in [0.05, 0.1) is 13.2 Å². The van der Waals surface area contributed by atoms with Crippen LogP contribution in [0, 0.1) is 6.92 Å². The topological polar surface area (TPSA) is 55.8 Å². The van der Waals surface area contributed by atoms with Gasteiger partial charge in [0.25, 0.3) is 0 Å². The summed E-state index contributed by atoms with van der Waals surface area (Å²) in [4.78, 5) is 0.741. The van der Waals surface area contributed by atoms with E-state index in [0.29, 0.717) is 0 Å². The molecule has 0 saturated carbocycles. The van der Waals surface area contributed by atoms with E-state index < -0.39 is 24.6 Å². The average molecular weight is 422 g/mol. The average Bonchev–Trinajstić information content (AvgIpc) is 2.59. The number of alkyl halides is 2. The van der Waals surface area contributed by atoms with Crippen molar-refractivity contribution in [1.29, 1.82) is 0 Å². The molecule has 4 nitrogen and oxygen atoms in total. The third-order valence-corrected chi connectivity index (χ3v) is 7.23. The predicted molar refractivity (Wildman–Crippen MR) is 107 cm³/mol. The van der Waals surface area contributed by atoms with Crippen molar-refractivity contribution >= 4 is 19.4 Å². The lowest BCUT2D eigenvalue weighted by molar-refractivity contribution is -0.0653. The van der Waals surface area contributed by atoms with Gasteiger partial charge in [-0.1, -0.05) is 29.3 Å². The van der Waals surface area contributed by atoms with Gasteiger partial charge in [0, 0.05) is 10.1 Å². The SMILES string of the molecule is CCOP(=O)(OCC)C(F)(F)[C@@H](O)C(CC=C(C)C)Sc1ccc(C)cc1. The minimum absolute atomic E-state index is 0.190. The monoisotopic (exact) mass is 422 g/mol. The summed E-state index contributed by atoms with van der Waals surface area (Å²) in [5, 5.41) is 9.60. The van der Waals surface area contributed by atoms with Gasteiger partial charge in [-0.05, 0) is 53.2 Å². The van der Waals surface area contributed by atoms with E-state index >= 15 is 0 Å². The van der Waals surface area contributed by atoms with Crippen LogP contribution >= 0.6 is 19.4 Å². The Morgan fingerprint density at radius 2 is 1.74 bits per heavy atom. The van der Waals surface area contributed by atoms with Crippen molar-refractivity contribution in [2.45, 2.75) is 63.0 Å². The normalized spacial score (nSPS) is 14.7. The van der Waals surface area contributed by atoms with Crippen LogP contribution in [0.3, 0.4) is 0 Å². The molecule has 1 aromatic rings. The van der Waals surface area contributed by atoms with Crippen molar-refractivity contribution in [3.05, 3.63) is 41.5 Å². The molecule has 2 atom stereocenters. The van der Waals surface area contributed by atoms with Gasteiger partial charge >= 0.3 is 13.3 Å². The fraction of sp³-hybridized carbons (Fsp3) is 0.579. The van der Waals surface area contributed by atoms with Crippen molar-refractivity contribution in [1.82, 2.24) is 0 Å². The molecule has 8 heteroatoms. The molecule has 0 heterocycles. The molecule has 1 aromatic carbocycles. The molecule has 0 amide bonds. The molecule has 1 unspecified atom stereocenters. The number of aryl methyl sites for hydroxylation is 1. The Hall–Kier alpha value is -0.720. The number of allylic oxidation sites excluding steroid dienone is 2. The highest BCUT2D eigenvalue weighted by Gasteiger charge is 2.60. The highest BCUT2D eigenvalue weighted by Crippen LogP contribution is 2.64. The number of hydrogen-bond acceptors (Lipinski definition) is 5. The lowest BCUT2D eigenvalue weighted by Crippen LogP contribution is -2.42. The maximum Gasteiger partial charge on any atom is 0.402 e. The van der Waals surface area contributed by atoms with Crippen LogP contribution < -0.4 is 0 Å². The van der Waals surface area contributed by atoms with E-state index in [4.69, 9.17) is 9.05 Å². The van der Waals surface area contributed by atoms with Crippen LogP contribution in [0.1, 0.15) is 39.7 Å². The van der Waals surface area contributed by atoms with E-state index in [-0.39, 0.29) is 19.6 Å². The van der Waals surface area contributed by atoms with Crippen LogP contribution in [0.4, 0.5) is 8.78 Å². The molecular weight excluding hydrogens is 393 g/mol. The number of aliphatic hydroxyl groups is 1. The van der Waals surface area contributed by atoms with E-state index in [1.54, 1.807) is 6.08 Å². The molecule has 1 N–H and O–H groups in total. The van der Waals surface area contributed by atoms with Crippen LogP contribution in [0.2, 0.25) is 0 Å². The fourth-order valence-corrected chi connectivity index (χ4v) is 5.16. The van der Waals surface area contributed by atoms with E-state index in [1.165, 1.54) is 13.8 Å². The Labute approximate surface area is 164 Å². The number of thioether (sulfide) groups is 1. The zero-order valence-electron chi connectivity index (χ0n) is 16.4. The molecule has 0 aliphatic heterocycles. The minimum Gasteiger partial charge on any atom is -0.385 e. The van der Waals surface area contributed by atoms with Gasteiger partial charge < -0.3 is 14.2 Å². The fourth-order valence-electron chi connectivity index (χ4n) is 2.32. The molecule has 0 saturated heterocycles. The van der Waals surface area contributed by atoms with Crippen LogP contribution in [-0.2, 0) is 13.6 Å².